The number of nitrogens with zero attached hydrogens (tertiary/aromatic N) is 2. The van der Waals surface area contributed by atoms with Gasteiger partial charge in [-0.1, -0.05) is 19.9 Å². The highest BCUT2D eigenvalue weighted by molar-refractivity contribution is 7.89. The van der Waals surface area contributed by atoms with Gasteiger partial charge in [-0.2, -0.15) is 4.31 Å². The van der Waals surface area contributed by atoms with Crippen LogP contribution in [0.5, 0.6) is 0 Å². The second-order valence-electron chi connectivity index (χ2n) is 6.02. The van der Waals surface area contributed by atoms with Gasteiger partial charge in [-0.15, -0.1) is 0 Å². The number of aliphatic carboxylic acids is 1. The van der Waals surface area contributed by atoms with Crippen molar-refractivity contribution in [3.8, 4) is 0 Å². The third-order valence-electron chi connectivity index (χ3n) is 4.56. The summed E-state index contributed by atoms with van der Waals surface area (Å²) in [6.07, 6.45) is 0.830. The summed E-state index contributed by atoms with van der Waals surface area (Å²) in [6, 6.07) is 6.04. The van der Waals surface area contributed by atoms with E-state index in [0.29, 0.717) is 44.6 Å². The molecule has 1 N–H and O–H groups in total. The standard InChI is InChI=1S/C17H24N2O5S/c1-3-19(4-2)25(23,24)15-7-5-6-14(12-15)16(20)18-10-8-13(9-11-18)17(21)22/h5-7,12-13H,3-4,8-11H2,1-2H3,(H,21,22). The first kappa shape index (κ1) is 19.4. The molecule has 0 atom stereocenters. The number of sulfonamides is 1. The molecule has 2 rings (SSSR count). The molecule has 0 bridgehead atoms. The Labute approximate surface area is 148 Å². The van der Waals surface area contributed by atoms with Crippen LogP contribution in [-0.2, 0) is 14.8 Å². The first-order valence-electron chi connectivity index (χ1n) is 8.43. The van der Waals surface area contributed by atoms with Crippen molar-refractivity contribution in [3.63, 3.8) is 0 Å². The molecule has 1 aliphatic rings. The van der Waals surface area contributed by atoms with Crippen LogP contribution in [0.15, 0.2) is 29.2 Å². The van der Waals surface area contributed by atoms with Gasteiger partial charge in [0.25, 0.3) is 5.91 Å². The van der Waals surface area contributed by atoms with E-state index in [1.54, 1.807) is 30.9 Å². The molecule has 0 radical (unpaired) electrons. The number of carbonyl (C=O) groups is 2. The zero-order valence-electron chi connectivity index (χ0n) is 14.5. The van der Waals surface area contributed by atoms with Crippen LogP contribution in [-0.4, -0.2) is 60.8 Å². The highest BCUT2D eigenvalue weighted by atomic mass is 32.2. The molecule has 138 valence electrons. The molecule has 0 unspecified atom stereocenters. The first-order chi connectivity index (χ1) is 11.8. The summed E-state index contributed by atoms with van der Waals surface area (Å²) in [5.41, 5.74) is 0.307. The molecule has 1 aromatic carbocycles. The maximum Gasteiger partial charge on any atom is 0.306 e. The molecule has 1 aromatic rings. The Balaban J connectivity index is 2.19. The fourth-order valence-corrected chi connectivity index (χ4v) is 4.52. The smallest absolute Gasteiger partial charge is 0.306 e. The lowest BCUT2D eigenvalue weighted by Gasteiger charge is -2.30. The number of amides is 1. The molecule has 0 saturated carbocycles. The van der Waals surface area contributed by atoms with Crippen LogP contribution >= 0.6 is 0 Å². The quantitative estimate of drug-likeness (QED) is 0.824. The Bertz CT molecular complexity index is 735. The minimum Gasteiger partial charge on any atom is -0.481 e. The zero-order chi connectivity index (χ0) is 18.6. The van der Waals surface area contributed by atoms with Gasteiger partial charge >= 0.3 is 5.97 Å². The summed E-state index contributed by atoms with van der Waals surface area (Å²) in [7, 11) is -3.62. The van der Waals surface area contributed by atoms with Crippen LogP contribution in [0.3, 0.4) is 0 Å². The first-order valence-corrected chi connectivity index (χ1v) is 9.87. The largest absolute Gasteiger partial charge is 0.481 e. The van der Waals surface area contributed by atoms with Crippen LogP contribution in [0.25, 0.3) is 0 Å². The van der Waals surface area contributed by atoms with Crippen LogP contribution in [0.1, 0.15) is 37.0 Å². The maximum absolute atomic E-state index is 12.6. The summed E-state index contributed by atoms with van der Waals surface area (Å²) in [4.78, 5) is 25.3. The highest BCUT2D eigenvalue weighted by Crippen LogP contribution is 2.21. The van der Waals surface area contributed by atoms with E-state index in [1.807, 2.05) is 0 Å². The molecule has 25 heavy (non-hydrogen) atoms. The highest BCUT2D eigenvalue weighted by Gasteiger charge is 2.28. The SMILES string of the molecule is CCN(CC)S(=O)(=O)c1cccc(C(=O)N2CCC(C(=O)O)CC2)c1. The molecule has 1 amide bonds. The van der Waals surface area contributed by atoms with Crippen LogP contribution < -0.4 is 0 Å². The lowest BCUT2D eigenvalue weighted by atomic mass is 9.96. The molecular formula is C17H24N2O5S. The third-order valence-corrected chi connectivity index (χ3v) is 6.60. The summed E-state index contributed by atoms with van der Waals surface area (Å²) < 4.78 is 26.5. The van der Waals surface area contributed by atoms with Gasteiger partial charge < -0.3 is 10.0 Å². The van der Waals surface area contributed by atoms with Crippen molar-refractivity contribution in [2.45, 2.75) is 31.6 Å². The third kappa shape index (κ3) is 4.19. The molecule has 1 saturated heterocycles. The predicted molar refractivity (Wildman–Crippen MR) is 92.8 cm³/mol. The van der Waals surface area contributed by atoms with Gasteiger partial charge in [-0.25, -0.2) is 8.42 Å². The fraction of sp³-hybridized carbons (Fsp3) is 0.529. The van der Waals surface area contributed by atoms with Gasteiger partial charge in [0.2, 0.25) is 10.0 Å². The van der Waals surface area contributed by atoms with Crippen LogP contribution in [0.2, 0.25) is 0 Å². The molecule has 1 aliphatic heterocycles. The van der Waals surface area contributed by atoms with Crippen molar-refractivity contribution >= 4 is 21.9 Å². The Hall–Kier alpha value is -1.93. The lowest BCUT2D eigenvalue weighted by molar-refractivity contribution is -0.143. The maximum atomic E-state index is 12.6. The number of rotatable bonds is 6. The Kier molecular flexibility index (Phi) is 6.18. The number of carboxylic acids is 1. The van der Waals surface area contributed by atoms with Crippen molar-refractivity contribution in [3.05, 3.63) is 29.8 Å². The minimum atomic E-state index is -3.62. The van der Waals surface area contributed by atoms with E-state index >= 15 is 0 Å². The number of piperidine rings is 1. The number of carboxylic acid groups (broad SMARTS) is 1. The molecule has 0 aliphatic carbocycles. The topological polar surface area (TPSA) is 95.0 Å². The fourth-order valence-electron chi connectivity index (χ4n) is 3.01. The van der Waals surface area contributed by atoms with Gasteiger partial charge in [0.05, 0.1) is 10.8 Å². The normalized spacial score (nSPS) is 16.2. The van der Waals surface area contributed by atoms with Crippen molar-refractivity contribution in [1.82, 2.24) is 9.21 Å². The number of likely N-dealkylation sites (tertiary alicyclic amines) is 1. The predicted octanol–water partition coefficient (Wildman–Crippen LogP) is 1.65. The van der Waals surface area contributed by atoms with Gasteiger partial charge in [0, 0.05) is 31.7 Å². The van der Waals surface area contributed by atoms with E-state index < -0.39 is 21.9 Å². The zero-order valence-corrected chi connectivity index (χ0v) is 15.3. The van der Waals surface area contributed by atoms with Crippen LogP contribution in [0.4, 0.5) is 0 Å². The summed E-state index contributed by atoms with van der Waals surface area (Å²) in [5, 5.41) is 9.03. The number of carbonyl (C=O) groups excluding carboxylic acids is 1. The molecule has 7 nitrogen and oxygen atoms in total. The molecule has 1 fully saturated rings. The minimum absolute atomic E-state index is 0.0995. The van der Waals surface area contributed by atoms with Gasteiger partial charge in [0.1, 0.15) is 0 Å². The number of hydrogen-bond acceptors (Lipinski definition) is 4. The summed E-state index contributed by atoms with van der Waals surface area (Å²) in [5.74, 6) is -1.52. The lowest BCUT2D eigenvalue weighted by Crippen LogP contribution is -2.40. The van der Waals surface area contributed by atoms with E-state index in [9.17, 15) is 18.0 Å². The molecular weight excluding hydrogens is 344 g/mol. The van der Waals surface area contributed by atoms with E-state index in [-0.39, 0.29) is 10.8 Å². The van der Waals surface area contributed by atoms with E-state index in [2.05, 4.69) is 0 Å². The average molecular weight is 368 g/mol. The Morgan fingerprint density at radius 1 is 1.20 bits per heavy atom. The van der Waals surface area contributed by atoms with Gasteiger partial charge in [0.15, 0.2) is 0 Å². The number of benzene rings is 1. The molecule has 1 heterocycles. The van der Waals surface area contributed by atoms with Crippen LogP contribution in [0, 0.1) is 5.92 Å². The second kappa shape index (κ2) is 7.97. The van der Waals surface area contributed by atoms with Gasteiger partial charge in [-0.3, -0.25) is 9.59 Å². The molecule has 0 spiro atoms. The number of hydrogen-bond donors (Lipinski definition) is 1. The van der Waals surface area contributed by atoms with Crippen molar-refractivity contribution in [2.75, 3.05) is 26.2 Å². The summed E-state index contributed by atoms with van der Waals surface area (Å²) >= 11 is 0. The van der Waals surface area contributed by atoms with E-state index in [0.717, 1.165) is 0 Å². The molecule has 0 aromatic heterocycles. The monoisotopic (exact) mass is 368 g/mol. The van der Waals surface area contributed by atoms with Crippen molar-refractivity contribution < 1.29 is 23.1 Å². The van der Waals surface area contributed by atoms with Crippen molar-refractivity contribution in [2.24, 2.45) is 5.92 Å². The van der Waals surface area contributed by atoms with Crippen molar-refractivity contribution in [1.29, 1.82) is 0 Å². The van der Waals surface area contributed by atoms with E-state index in [1.165, 1.54) is 16.4 Å². The van der Waals surface area contributed by atoms with E-state index in [4.69, 9.17) is 5.11 Å². The van der Waals surface area contributed by atoms with Gasteiger partial charge in [-0.05, 0) is 31.0 Å². The molecule has 8 heteroatoms. The Morgan fingerprint density at radius 3 is 2.32 bits per heavy atom. The average Bonchev–Trinajstić information content (AvgIpc) is 2.62. The summed E-state index contributed by atoms with van der Waals surface area (Å²) in [6.45, 7) is 4.98. The Morgan fingerprint density at radius 2 is 1.80 bits per heavy atom. The second-order valence-corrected chi connectivity index (χ2v) is 7.96.